The molecule has 3 rings (SSSR count). The highest BCUT2D eigenvalue weighted by molar-refractivity contribution is 5.57. The van der Waals surface area contributed by atoms with Crippen molar-refractivity contribution >= 4 is 0 Å². The van der Waals surface area contributed by atoms with E-state index in [0.29, 0.717) is 17.9 Å². The summed E-state index contributed by atoms with van der Waals surface area (Å²) >= 11 is 0. The second-order valence-corrected chi connectivity index (χ2v) is 4.29. The fraction of sp³-hybridized carbons (Fsp3) is 0.0625. The van der Waals surface area contributed by atoms with Crippen LogP contribution in [0.1, 0.15) is 5.56 Å². The number of aromatic nitrogens is 1. The zero-order valence-electron chi connectivity index (χ0n) is 10.6. The minimum Gasteiger partial charge on any atom is -0.486 e. The summed E-state index contributed by atoms with van der Waals surface area (Å²) in [5, 5.41) is 0. The molecule has 3 nitrogen and oxygen atoms in total. The fourth-order valence-electron chi connectivity index (χ4n) is 1.86. The number of hydrogen-bond donors (Lipinski definition) is 0. The topological polar surface area (TPSA) is 35.3 Å². The van der Waals surface area contributed by atoms with Crippen molar-refractivity contribution in [2.45, 2.75) is 6.61 Å². The van der Waals surface area contributed by atoms with E-state index in [0.717, 1.165) is 5.56 Å². The maximum atomic E-state index is 14.0. The minimum absolute atomic E-state index is 0.220. The smallest absolute Gasteiger partial charge is 0.181 e. The lowest BCUT2D eigenvalue weighted by Gasteiger charge is -2.08. The third kappa shape index (κ3) is 2.69. The van der Waals surface area contributed by atoms with E-state index in [4.69, 9.17) is 9.15 Å². The van der Waals surface area contributed by atoms with Gasteiger partial charge in [-0.05, 0) is 23.8 Å². The highest BCUT2D eigenvalue weighted by atomic mass is 19.1. The standard InChI is InChI=1S/C16H12FNO2/c17-14-8-13(16-9-18-11-20-16)6-7-15(14)19-10-12-4-2-1-3-5-12/h1-9,11H,10H2. The van der Waals surface area contributed by atoms with Gasteiger partial charge in [-0.25, -0.2) is 9.37 Å². The fourth-order valence-corrected chi connectivity index (χ4v) is 1.86. The number of hydrogen-bond acceptors (Lipinski definition) is 3. The average Bonchev–Trinajstić information content (AvgIpc) is 3.01. The van der Waals surface area contributed by atoms with Crippen LogP contribution in [-0.4, -0.2) is 4.98 Å². The van der Waals surface area contributed by atoms with E-state index in [2.05, 4.69) is 4.98 Å². The summed E-state index contributed by atoms with van der Waals surface area (Å²) in [4.78, 5) is 3.81. The van der Waals surface area contributed by atoms with Gasteiger partial charge in [-0.3, -0.25) is 0 Å². The lowest BCUT2D eigenvalue weighted by Crippen LogP contribution is -1.97. The van der Waals surface area contributed by atoms with Crippen molar-refractivity contribution in [3.63, 3.8) is 0 Å². The zero-order valence-corrected chi connectivity index (χ0v) is 10.6. The van der Waals surface area contributed by atoms with Gasteiger partial charge in [0.15, 0.2) is 23.7 Å². The summed E-state index contributed by atoms with van der Waals surface area (Å²) in [6.07, 6.45) is 2.85. The van der Waals surface area contributed by atoms with Crippen molar-refractivity contribution in [3.8, 4) is 17.1 Å². The van der Waals surface area contributed by atoms with E-state index in [1.807, 2.05) is 30.3 Å². The van der Waals surface area contributed by atoms with Gasteiger partial charge in [0.2, 0.25) is 0 Å². The van der Waals surface area contributed by atoms with Crippen molar-refractivity contribution in [1.82, 2.24) is 4.98 Å². The lowest BCUT2D eigenvalue weighted by atomic mass is 10.1. The number of ether oxygens (including phenoxy) is 1. The third-order valence-corrected chi connectivity index (χ3v) is 2.89. The summed E-state index contributed by atoms with van der Waals surface area (Å²) in [6.45, 7) is 0.333. The molecule has 0 aliphatic heterocycles. The van der Waals surface area contributed by atoms with E-state index in [9.17, 15) is 4.39 Å². The number of halogens is 1. The number of rotatable bonds is 4. The number of benzene rings is 2. The Morgan fingerprint density at radius 3 is 2.65 bits per heavy atom. The van der Waals surface area contributed by atoms with Crippen molar-refractivity contribution in [1.29, 1.82) is 0 Å². The molecule has 0 amide bonds. The first-order chi connectivity index (χ1) is 9.83. The largest absolute Gasteiger partial charge is 0.486 e. The molecule has 2 aromatic carbocycles. The van der Waals surface area contributed by atoms with Gasteiger partial charge < -0.3 is 9.15 Å². The first kappa shape index (κ1) is 12.4. The Kier molecular flexibility index (Phi) is 3.46. The van der Waals surface area contributed by atoms with Crippen LogP contribution in [0.25, 0.3) is 11.3 Å². The molecule has 0 saturated carbocycles. The maximum Gasteiger partial charge on any atom is 0.181 e. The molecule has 0 N–H and O–H groups in total. The van der Waals surface area contributed by atoms with Crippen molar-refractivity contribution in [2.75, 3.05) is 0 Å². The van der Waals surface area contributed by atoms with Gasteiger partial charge in [0, 0.05) is 5.56 Å². The molecule has 0 aliphatic carbocycles. The van der Waals surface area contributed by atoms with E-state index in [1.165, 1.54) is 12.5 Å². The molecule has 0 bridgehead atoms. The van der Waals surface area contributed by atoms with Crippen LogP contribution in [0.15, 0.2) is 65.5 Å². The molecule has 0 fully saturated rings. The third-order valence-electron chi connectivity index (χ3n) is 2.89. The van der Waals surface area contributed by atoms with Crippen LogP contribution in [0.3, 0.4) is 0 Å². The Balaban J connectivity index is 1.75. The molecule has 0 atom stereocenters. The van der Waals surface area contributed by atoms with Crippen LogP contribution in [-0.2, 0) is 6.61 Å². The van der Waals surface area contributed by atoms with Gasteiger partial charge in [-0.1, -0.05) is 30.3 Å². The molecule has 3 aromatic rings. The molecular formula is C16H12FNO2. The van der Waals surface area contributed by atoms with Crippen molar-refractivity contribution < 1.29 is 13.5 Å². The quantitative estimate of drug-likeness (QED) is 0.716. The maximum absolute atomic E-state index is 14.0. The second-order valence-electron chi connectivity index (χ2n) is 4.29. The van der Waals surface area contributed by atoms with Crippen LogP contribution < -0.4 is 4.74 Å². The van der Waals surface area contributed by atoms with Crippen LogP contribution in [0.5, 0.6) is 5.75 Å². The molecule has 100 valence electrons. The van der Waals surface area contributed by atoms with Crippen LogP contribution >= 0.6 is 0 Å². The zero-order chi connectivity index (χ0) is 13.8. The Bertz CT molecular complexity index is 681. The van der Waals surface area contributed by atoms with E-state index < -0.39 is 5.82 Å². The van der Waals surface area contributed by atoms with Gasteiger partial charge in [-0.15, -0.1) is 0 Å². The summed E-state index contributed by atoms with van der Waals surface area (Å²) in [5.74, 6) is 0.324. The molecule has 0 spiro atoms. The van der Waals surface area contributed by atoms with Crippen LogP contribution in [0.4, 0.5) is 4.39 Å². The highest BCUT2D eigenvalue weighted by Crippen LogP contribution is 2.25. The predicted molar refractivity (Wildman–Crippen MR) is 72.7 cm³/mol. The Labute approximate surface area is 115 Å². The molecule has 0 aliphatic rings. The highest BCUT2D eigenvalue weighted by Gasteiger charge is 2.08. The Hall–Kier alpha value is -2.62. The van der Waals surface area contributed by atoms with Gasteiger partial charge in [0.1, 0.15) is 6.61 Å². The first-order valence-corrected chi connectivity index (χ1v) is 6.18. The Morgan fingerprint density at radius 1 is 1.10 bits per heavy atom. The molecule has 0 unspecified atom stereocenters. The SMILES string of the molecule is Fc1cc(-c2cnco2)ccc1OCc1ccccc1. The van der Waals surface area contributed by atoms with Gasteiger partial charge in [-0.2, -0.15) is 0 Å². The summed E-state index contributed by atoms with van der Waals surface area (Å²) in [5.41, 5.74) is 1.62. The summed E-state index contributed by atoms with van der Waals surface area (Å²) < 4.78 is 24.6. The van der Waals surface area contributed by atoms with Crippen LogP contribution in [0, 0.1) is 5.82 Å². The molecule has 0 saturated heterocycles. The minimum atomic E-state index is -0.421. The average molecular weight is 269 g/mol. The monoisotopic (exact) mass is 269 g/mol. The van der Waals surface area contributed by atoms with Crippen molar-refractivity contribution in [2.24, 2.45) is 0 Å². The molecule has 0 radical (unpaired) electrons. The number of nitrogens with zero attached hydrogens (tertiary/aromatic N) is 1. The second kappa shape index (κ2) is 5.57. The Morgan fingerprint density at radius 2 is 1.95 bits per heavy atom. The molecule has 1 heterocycles. The first-order valence-electron chi connectivity index (χ1n) is 6.18. The molecular weight excluding hydrogens is 257 g/mol. The van der Waals surface area contributed by atoms with E-state index in [-0.39, 0.29) is 5.75 Å². The van der Waals surface area contributed by atoms with Gasteiger partial charge >= 0.3 is 0 Å². The number of oxazole rings is 1. The lowest BCUT2D eigenvalue weighted by molar-refractivity contribution is 0.290. The molecule has 4 heteroatoms. The van der Waals surface area contributed by atoms with Crippen molar-refractivity contribution in [3.05, 3.63) is 72.5 Å². The van der Waals surface area contributed by atoms with Gasteiger partial charge in [0.05, 0.1) is 6.20 Å². The predicted octanol–water partition coefficient (Wildman–Crippen LogP) is 4.06. The summed E-state index contributed by atoms with van der Waals surface area (Å²) in [7, 11) is 0. The molecule has 1 aromatic heterocycles. The van der Waals surface area contributed by atoms with E-state index in [1.54, 1.807) is 18.3 Å². The van der Waals surface area contributed by atoms with E-state index >= 15 is 0 Å². The molecule has 20 heavy (non-hydrogen) atoms. The van der Waals surface area contributed by atoms with Gasteiger partial charge in [0.25, 0.3) is 0 Å². The normalized spacial score (nSPS) is 10.4. The summed E-state index contributed by atoms with van der Waals surface area (Å²) in [6, 6.07) is 14.3. The van der Waals surface area contributed by atoms with Crippen LogP contribution in [0.2, 0.25) is 0 Å².